The normalized spacial score (nSPS) is 33.5. The van der Waals surface area contributed by atoms with Crippen LogP contribution in [0.4, 0.5) is 0 Å². The molecule has 0 radical (unpaired) electrons. The fourth-order valence-corrected chi connectivity index (χ4v) is 2.57. The number of ether oxygens (including phenoxy) is 3. The summed E-state index contributed by atoms with van der Waals surface area (Å²) in [5.74, 6) is -0.445. The Morgan fingerprint density at radius 3 is 2.91 bits per heavy atom. The van der Waals surface area contributed by atoms with E-state index in [9.17, 15) is 20.0 Å². The lowest BCUT2D eigenvalue weighted by atomic mass is 10.0. The predicted molar refractivity (Wildman–Crippen MR) is 69.9 cm³/mol. The van der Waals surface area contributed by atoms with Crippen molar-refractivity contribution in [2.24, 2.45) is 5.73 Å². The number of esters is 1. The molecule has 2 fully saturated rings. The van der Waals surface area contributed by atoms with Gasteiger partial charge >= 0.3 is 5.97 Å². The zero-order chi connectivity index (χ0) is 16.2. The molecule has 4 atom stereocenters. The smallest absolute Gasteiger partial charge is 0.306 e. The summed E-state index contributed by atoms with van der Waals surface area (Å²) in [7, 11) is 0. The number of rotatable bonds is 8. The number of hydrogen-bond acceptors (Lipinski definition) is 9. The van der Waals surface area contributed by atoms with Crippen LogP contribution >= 0.6 is 0 Å². The lowest BCUT2D eigenvalue weighted by Crippen LogP contribution is -2.56. The van der Waals surface area contributed by atoms with Crippen LogP contribution in [0.5, 0.6) is 0 Å². The molecule has 2 heterocycles. The molecule has 0 aromatic heterocycles. The Bertz CT molecular complexity index is 420. The maximum atomic E-state index is 11.8. The van der Waals surface area contributed by atoms with E-state index in [-0.39, 0.29) is 26.2 Å². The number of carbonyl (C=O) groups excluding carboxylic acids is 1. The lowest BCUT2D eigenvalue weighted by Gasteiger charge is -2.27. The first kappa shape index (κ1) is 16.9. The molecule has 2 saturated heterocycles. The van der Waals surface area contributed by atoms with Crippen molar-refractivity contribution in [3.05, 3.63) is 10.1 Å². The number of nitrogens with two attached hydrogens (primary N) is 1. The quantitative estimate of drug-likeness (QED) is 0.252. The van der Waals surface area contributed by atoms with Crippen molar-refractivity contribution in [3.8, 4) is 0 Å². The molecule has 2 rings (SSSR count). The third-order valence-corrected chi connectivity index (χ3v) is 3.72. The highest BCUT2D eigenvalue weighted by Gasteiger charge is 2.59. The summed E-state index contributed by atoms with van der Waals surface area (Å²) in [5.41, 5.74) is 4.71. The molecule has 2 aliphatic rings. The summed E-state index contributed by atoms with van der Waals surface area (Å²) in [6, 6.07) is 0. The topological polar surface area (TPSA) is 143 Å². The lowest BCUT2D eigenvalue weighted by molar-refractivity contribution is -0.757. The average molecular weight is 320 g/mol. The van der Waals surface area contributed by atoms with Crippen LogP contribution in [0.1, 0.15) is 25.7 Å². The highest BCUT2D eigenvalue weighted by atomic mass is 16.9. The van der Waals surface area contributed by atoms with Crippen LogP contribution in [0.25, 0.3) is 0 Å². The van der Waals surface area contributed by atoms with Crippen molar-refractivity contribution >= 4 is 5.97 Å². The predicted octanol–water partition coefficient (Wildman–Crippen LogP) is -0.888. The van der Waals surface area contributed by atoms with Crippen molar-refractivity contribution in [2.75, 3.05) is 19.8 Å². The van der Waals surface area contributed by atoms with E-state index in [1.165, 1.54) is 0 Å². The molecule has 10 heteroatoms. The Kier molecular flexibility index (Phi) is 5.51. The summed E-state index contributed by atoms with van der Waals surface area (Å²) in [5, 5.41) is 18.7. The van der Waals surface area contributed by atoms with E-state index < -0.39 is 35.1 Å². The minimum absolute atomic E-state index is 0.0117. The Labute approximate surface area is 126 Å². The van der Waals surface area contributed by atoms with Gasteiger partial charge in [0, 0.05) is 6.42 Å². The zero-order valence-corrected chi connectivity index (χ0v) is 12.0. The van der Waals surface area contributed by atoms with E-state index in [0.717, 1.165) is 0 Å². The highest BCUT2D eigenvalue weighted by molar-refractivity contribution is 5.69. The van der Waals surface area contributed by atoms with Crippen LogP contribution < -0.4 is 5.73 Å². The largest absolute Gasteiger partial charge is 0.455 e. The van der Waals surface area contributed by atoms with Crippen LogP contribution in [0.15, 0.2) is 0 Å². The molecular weight excluding hydrogens is 300 g/mol. The summed E-state index contributed by atoms with van der Waals surface area (Å²) < 4.78 is 15.9. The van der Waals surface area contributed by atoms with E-state index in [1.54, 1.807) is 0 Å². The second-order valence-electron chi connectivity index (χ2n) is 5.33. The fraction of sp³-hybridized carbons (Fsp3) is 0.917. The molecule has 2 unspecified atom stereocenters. The van der Waals surface area contributed by atoms with E-state index in [0.29, 0.717) is 19.3 Å². The van der Waals surface area contributed by atoms with Gasteiger partial charge in [0.25, 0.3) is 5.09 Å². The third-order valence-electron chi connectivity index (χ3n) is 3.72. The first-order chi connectivity index (χ1) is 10.4. The molecule has 126 valence electrons. The van der Waals surface area contributed by atoms with Gasteiger partial charge in [-0.25, -0.2) is 0 Å². The van der Waals surface area contributed by atoms with Gasteiger partial charge < -0.3 is 24.2 Å². The molecule has 3 N–H and O–H groups in total. The Hall–Kier alpha value is -1.49. The molecule has 22 heavy (non-hydrogen) atoms. The van der Waals surface area contributed by atoms with E-state index in [4.69, 9.17) is 19.9 Å². The van der Waals surface area contributed by atoms with E-state index >= 15 is 0 Å². The second kappa shape index (κ2) is 7.18. The second-order valence-corrected chi connectivity index (χ2v) is 5.33. The molecule has 0 bridgehead atoms. The summed E-state index contributed by atoms with van der Waals surface area (Å²) in [6.45, 7) is 0.143. The Balaban J connectivity index is 1.64. The number of fused-ring (bicyclic) bond motifs is 1. The van der Waals surface area contributed by atoms with Crippen LogP contribution in [0.2, 0.25) is 0 Å². The molecule has 10 nitrogen and oxygen atoms in total. The first-order valence-corrected chi connectivity index (χ1v) is 7.13. The van der Waals surface area contributed by atoms with E-state index in [1.807, 2.05) is 0 Å². The van der Waals surface area contributed by atoms with Crippen molar-refractivity contribution in [2.45, 2.75) is 49.7 Å². The Morgan fingerprint density at radius 2 is 2.18 bits per heavy atom. The van der Waals surface area contributed by atoms with Gasteiger partial charge in [-0.1, -0.05) is 6.42 Å². The molecule has 0 aliphatic carbocycles. The van der Waals surface area contributed by atoms with Crippen molar-refractivity contribution in [1.82, 2.24) is 0 Å². The average Bonchev–Trinajstić information content (AvgIpc) is 2.92. The number of carbonyl (C=O) groups is 1. The van der Waals surface area contributed by atoms with Gasteiger partial charge in [0.15, 0.2) is 11.8 Å². The standard InChI is InChI=1S/C12H20N2O8/c13-12-9(7-19-11(12)8(15)6-20-12)22-10(16)4-2-1-3-5-21-14(17)18/h8-9,11,15H,1-7,13H2/t8?,9?,11-,12-/m1/s1. The van der Waals surface area contributed by atoms with Gasteiger partial charge in [-0.2, -0.15) is 0 Å². The van der Waals surface area contributed by atoms with Crippen LogP contribution in [0, 0.1) is 10.1 Å². The molecule has 0 spiro atoms. The van der Waals surface area contributed by atoms with Gasteiger partial charge in [-0.15, -0.1) is 10.1 Å². The van der Waals surface area contributed by atoms with Crippen LogP contribution in [-0.4, -0.2) is 60.0 Å². The zero-order valence-electron chi connectivity index (χ0n) is 12.0. The van der Waals surface area contributed by atoms with Gasteiger partial charge in [0.1, 0.15) is 12.2 Å². The minimum Gasteiger partial charge on any atom is -0.455 e. The fourth-order valence-electron chi connectivity index (χ4n) is 2.57. The summed E-state index contributed by atoms with van der Waals surface area (Å²) >= 11 is 0. The highest BCUT2D eigenvalue weighted by Crippen LogP contribution is 2.35. The number of hydrogen-bond donors (Lipinski definition) is 2. The van der Waals surface area contributed by atoms with E-state index in [2.05, 4.69) is 4.84 Å². The molecular formula is C12H20N2O8. The third kappa shape index (κ3) is 3.83. The van der Waals surface area contributed by atoms with Gasteiger partial charge in [-0.05, 0) is 12.8 Å². The molecule has 0 aromatic carbocycles. The minimum atomic E-state index is -1.30. The summed E-state index contributed by atoms with van der Waals surface area (Å²) in [4.78, 5) is 25.9. The summed E-state index contributed by atoms with van der Waals surface area (Å²) in [6.07, 6.45) is -0.481. The van der Waals surface area contributed by atoms with Crippen LogP contribution in [-0.2, 0) is 23.8 Å². The number of aliphatic hydroxyl groups excluding tert-OH is 1. The Morgan fingerprint density at radius 1 is 1.41 bits per heavy atom. The molecule has 0 aromatic rings. The van der Waals surface area contributed by atoms with Gasteiger partial charge in [0.05, 0.1) is 19.8 Å². The number of aliphatic hydroxyl groups is 1. The van der Waals surface area contributed by atoms with Gasteiger partial charge in [-0.3, -0.25) is 10.5 Å². The number of nitrogens with zero attached hydrogens (tertiary/aromatic N) is 1. The number of unbranched alkanes of at least 4 members (excludes halogenated alkanes) is 2. The van der Waals surface area contributed by atoms with Crippen LogP contribution in [0.3, 0.4) is 0 Å². The maximum absolute atomic E-state index is 11.8. The van der Waals surface area contributed by atoms with Crippen molar-refractivity contribution in [3.63, 3.8) is 0 Å². The van der Waals surface area contributed by atoms with Crippen molar-refractivity contribution < 1.29 is 34.0 Å². The van der Waals surface area contributed by atoms with Gasteiger partial charge in [0.2, 0.25) is 0 Å². The molecule has 0 saturated carbocycles. The molecule has 2 aliphatic heterocycles. The molecule has 0 amide bonds. The maximum Gasteiger partial charge on any atom is 0.306 e. The first-order valence-electron chi connectivity index (χ1n) is 7.13. The monoisotopic (exact) mass is 320 g/mol. The van der Waals surface area contributed by atoms with Crippen molar-refractivity contribution in [1.29, 1.82) is 0 Å². The SMILES string of the molecule is N[C@]12OCC(O)[C@H]1OCC2OC(=O)CCCCCO[N+](=O)[O-].